The third-order valence-corrected chi connectivity index (χ3v) is 9.85. The van der Waals surface area contributed by atoms with E-state index in [1.807, 2.05) is 6.07 Å². The summed E-state index contributed by atoms with van der Waals surface area (Å²) in [5.74, 6) is 0.0123. The van der Waals surface area contributed by atoms with Gasteiger partial charge >= 0.3 is 6.18 Å². The lowest BCUT2D eigenvalue weighted by molar-refractivity contribution is -0.139. The van der Waals surface area contributed by atoms with Crippen LogP contribution in [0.2, 0.25) is 0 Å². The van der Waals surface area contributed by atoms with Gasteiger partial charge in [-0.1, -0.05) is 12.1 Å². The summed E-state index contributed by atoms with van der Waals surface area (Å²) >= 11 is 0. The quantitative estimate of drug-likeness (QED) is 0.587. The van der Waals surface area contributed by atoms with Gasteiger partial charge in [0, 0.05) is 44.5 Å². The molecule has 204 valence electrons. The largest absolute Gasteiger partial charge is 0.417 e. The number of nitrogens with one attached hydrogen (secondary N) is 1. The summed E-state index contributed by atoms with van der Waals surface area (Å²) in [6.45, 7) is 1.00. The third-order valence-electron chi connectivity index (χ3n) is 7.67. The molecule has 2 atom stereocenters. The number of carbonyl (C=O) groups excluding carboxylic acids is 1. The van der Waals surface area contributed by atoms with Gasteiger partial charge in [0.15, 0.2) is 15.7 Å². The highest BCUT2D eigenvalue weighted by Crippen LogP contribution is 2.40. The standard InChI is InChI=1S/C25H28F3N5O4S/c1-32-19(16-6-10-37-11-7-16)13-22(31-32)33-14-17(12-20(33)23(34)30-24(15-29)8-9-24)38(35,36)21-5-3-2-4-18(21)25(26,27)28/h2-5,13,16-17,20H,6-12,14H2,1H3,(H,30,34)/t17-,20+/m1/s1. The molecule has 1 saturated carbocycles. The van der Waals surface area contributed by atoms with E-state index in [-0.39, 0.29) is 18.9 Å². The Morgan fingerprint density at radius 3 is 2.55 bits per heavy atom. The number of carbonyl (C=O) groups is 1. The fraction of sp³-hybridized carbons (Fsp3) is 0.560. The molecule has 1 aromatic carbocycles. The molecular formula is C25H28F3N5O4S. The summed E-state index contributed by atoms with van der Waals surface area (Å²) in [4.78, 5) is 14.1. The first-order chi connectivity index (χ1) is 17.9. The molecule has 9 nitrogen and oxygen atoms in total. The molecule has 0 unspecified atom stereocenters. The molecule has 0 bridgehead atoms. The first-order valence-electron chi connectivity index (χ1n) is 12.5. The number of amides is 1. The van der Waals surface area contributed by atoms with E-state index < -0.39 is 49.2 Å². The monoisotopic (exact) mass is 551 g/mol. The zero-order chi connectivity index (χ0) is 27.3. The highest BCUT2D eigenvalue weighted by Gasteiger charge is 2.50. The SMILES string of the molecule is Cn1nc(N2C[C@H](S(=O)(=O)c3ccccc3C(F)(F)F)C[C@H]2C(=O)NC2(C#N)CC2)cc1C1CCOCC1. The van der Waals surface area contributed by atoms with E-state index in [2.05, 4.69) is 16.5 Å². The lowest BCUT2D eigenvalue weighted by Gasteiger charge is -2.24. The fourth-order valence-corrected chi connectivity index (χ4v) is 7.25. The number of halogens is 3. The van der Waals surface area contributed by atoms with Gasteiger partial charge in [0.1, 0.15) is 11.6 Å². The molecule has 38 heavy (non-hydrogen) atoms. The lowest BCUT2D eigenvalue weighted by Crippen LogP contribution is -2.48. The van der Waals surface area contributed by atoms with Gasteiger partial charge in [-0.2, -0.15) is 23.5 Å². The van der Waals surface area contributed by atoms with E-state index in [1.165, 1.54) is 6.07 Å². The molecular weight excluding hydrogens is 523 g/mol. The van der Waals surface area contributed by atoms with Crippen molar-refractivity contribution in [1.82, 2.24) is 15.1 Å². The molecule has 2 aromatic rings. The van der Waals surface area contributed by atoms with Gasteiger partial charge in [-0.3, -0.25) is 9.48 Å². The minimum absolute atomic E-state index is 0.177. The highest BCUT2D eigenvalue weighted by molar-refractivity contribution is 7.92. The van der Waals surface area contributed by atoms with E-state index in [1.54, 1.807) is 16.6 Å². The number of hydrogen-bond acceptors (Lipinski definition) is 7. The van der Waals surface area contributed by atoms with Crippen molar-refractivity contribution in [2.24, 2.45) is 7.05 Å². The van der Waals surface area contributed by atoms with E-state index >= 15 is 0 Å². The Labute approximate surface area is 218 Å². The Kier molecular flexibility index (Phi) is 6.67. The number of aryl methyl sites for hydroxylation is 1. The van der Waals surface area contributed by atoms with Crippen LogP contribution in [0.1, 0.15) is 49.3 Å². The van der Waals surface area contributed by atoms with Crippen molar-refractivity contribution in [3.8, 4) is 6.07 Å². The van der Waals surface area contributed by atoms with Gasteiger partial charge in [-0.05, 0) is 44.2 Å². The van der Waals surface area contributed by atoms with Crippen molar-refractivity contribution >= 4 is 21.6 Å². The van der Waals surface area contributed by atoms with Crippen LogP contribution in [0.3, 0.4) is 0 Å². The molecule has 1 N–H and O–H groups in total. The zero-order valence-corrected chi connectivity index (χ0v) is 21.6. The number of ether oxygens (including phenoxy) is 1. The van der Waals surface area contributed by atoms with Crippen molar-refractivity contribution in [3.05, 3.63) is 41.6 Å². The predicted molar refractivity (Wildman–Crippen MR) is 130 cm³/mol. The molecule has 3 fully saturated rings. The normalized spacial score (nSPS) is 23.7. The number of benzene rings is 1. The maximum absolute atomic E-state index is 13.7. The number of aromatic nitrogens is 2. The van der Waals surface area contributed by atoms with Crippen molar-refractivity contribution in [3.63, 3.8) is 0 Å². The predicted octanol–water partition coefficient (Wildman–Crippen LogP) is 2.93. The maximum Gasteiger partial charge on any atom is 0.417 e. The first kappa shape index (κ1) is 26.5. The summed E-state index contributed by atoms with van der Waals surface area (Å²) in [6.07, 6.45) is -2.54. The van der Waals surface area contributed by atoms with Gasteiger partial charge in [-0.15, -0.1) is 0 Å². The summed E-state index contributed by atoms with van der Waals surface area (Å²) in [7, 11) is -2.71. The van der Waals surface area contributed by atoms with Crippen LogP contribution in [0.4, 0.5) is 19.0 Å². The lowest BCUT2D eigenvalue weighted by atomic mass is 9.96. The average molecular weight is 552 g/mol. The number of hydrogen-bond donors (Lipinski definition) is 1. The summed E-state index contributed by atoms with van der Waals surface area (Å²) in [5, 5.41) is 15.4. The fourth-order valence-electron chi connectivity index (χ4n) is 5.34. The maximum atomic E-state index is 13.7. The second-order valence-electron chi connectivity index (χ2n) is 10.2. The van der Waals surface area contributed by atoms with Crippen LogP contribution in [0, 0.1) is 11.3 Å². The Bertz CT molecular complexity index is 1370. The second kappa shape index (κ2) is 9.57. The van der Waals surface area contributed by atoms with E-state index in [0.29, 0.717) is 31.9 Å². The van der Waals surface area contributed by atoms with Gasteiger partial charge < -0.3 is 15.0 Å². The Balaban J connectivity index is 1.49. The van der Waals surface area contributed by atoms with Crippen molar-refractivity contribution < 1.29 is 31.1 Å². The number of nitrogens with zero attached hydrogens (tertiary/aromatic N) is 4. The third kappa shape index (κ3) is 4.87. The van der Waals surface area contributed by atoms with Crippen molar-refractivity contribution in [2.45, 2.75) is 65.9 Å². The number of alkyl halides is 3. The van der Waals surface area contributed by atoms with Crippen LogP contribution in [-0.4, -0.2) is 60.7 Å². The molecule has 2 saturated heterocycles. The van der Waals surface area contributed by atoms with Gasteiger partial charge in [0.2, 0.25) is 5.91 Å². The summed E-state index contributed by atoms with van der Waals surface area (Å²) in [5.41, 5.74) is -1.31. The van der Waals surface area contributed by atoms with Crippen LogP contribution in [0.15, 0.2) is 35.2 Å². The van der Waals surface area contributed by atoms with E-state index in [0.717, 1.165) is 36.7 Å². The molecule has 0 spiro atoms. The summed E-state index contributed by atoms with van der Waals surface area (Å²) < 4.78 is 75.3. The Hall–Kier alpha value is -3.11. The molecule has 3 heterocycles. The van der Waals surface area contributed by atoms with Crippen molar-refractivity contribution in [1.29, 1.82) is 5.26 Å². The van der Waals surface area contributed by atoms with Gasteiger partial charge in [0.05, 0.1) is 21.8 Å². The van der Waals surface area contributed by atoms with E-state index in [4.69, 9.17) is 4.74 Å². The van der Waals surface area contributed by atoms with Crippen LogP contribution < -0.4 is 10.2 Å². The van der Waals surface area contributed by atoms with Crippen LogP contribution in [0.5, 0.6) is 0 Å². The minimum Gasteiger partial charge on any atom is -0.381 e. The van der Waals surface area contributed by atoms with Crippen LogP contribution in [-0.2, 0) is 32.6 Å². The van der Waals surface area contributed by atoms with Gasteiger partial charge in [-0.25, -0.2) is 8.42 Å². The average Bonchev–Trinajstić information content (AvgIpc) is 3.32. The number of rotatable bonds is 6. The van der Waals surface area contributed by atoms with E-state index in [9.17, 15) is 31.6 Å². The Morgan fingerprint density at radius 2 is 1.92 bits per heavy atom. The molecule has 5 rings (SSSR count). The number of sulfone groups is 1. The van der Waals surface area contributed by atoms with Crippen LogP contribution in [0.25, 0.3) is 0 Å². The van der Waals surface area contributed by atoms with Gasteiger partial charge in [0.25, 0.3) is 0 Å². The first-order valence-corrected chi connectivity index (χ1v) is 14.0. The van der Waals surface area contributed by atoms with Crippen LogP contribution >= 0.6 is 0 Å². The molecule has 13 heteroatoms. The molecule has 1 aliphatic carbocycles. The Morgan fingerprint density at radius 1 is 1.24 bits per heavy atom. The summed E-state index contributed by atoms with van der Waals surface area (Å²) in [6, 6.07) is 6.97. The second-order valence-corrected chi connectivity index (χ2v) is 12.4. The zero-order valence-electron chi connectivity index (χ0n) is 20.7. The number of anilines is 1. The smallest absolute Gasteiger partial charge is 0.381 e. The molecule has 1 amide bonds. The number of nitriles is 1. The minimum atomic E-state index is -4.86. The molecule has 1 aromatic heterocycles. The molecule has 2 aliphatic heterocycles. The highest BCUT2D eigenvalue weighted by atomic mass is 32.2. The molecule has 3 aliphatic rings. The topological polar surface area (TPSA) is 117 Å². The molecule has 0 radical (unpaired) electrons. The van der Waals surface area contributed by atoms with Crippen molar-refractivity contribution in [2.75, 3.05) is 24.7 Å².